The molecule has 1 N–H and O–H groups in total. The highest BCUT2D eigenvalue weighted by Crippen LogP contribution is 2.21. The summed E-state index contributed by atoms with van der Waals surface area (Å²) in [6.07, 6.45) is 6.13. The summed E-state index contributed by atoms with van der Waals surface area (Å²) >= 11 is 3.18. The molecule has 0 fully saturated rings. The Bertz CT molecular complexity index is 699. The lowest BCUT2D eigenvalue weighted by atomic mass is 10.1. The molecule has 3 heterocycles. The summed E-state index contributed by atoms with van der Waals surface area (Å²) < 4.78 is 1.88. The molecule has 3 rings (SSSR count). The second-order valence-corrected chi connectivity index (χ2v) is 7.53. The average molecular weight is 364 g/mol. The van der Waals surface area contributed by atoms with Crippen molar-refractivity contribution in [1.29, 1.82) is 0 Å². The zero-order chi connectivity index (χ0) is 16.9. The molecule has 0 saturated heterocycles. The minimum atomic E-state index is -0.412. The number of fused-ring (bicyclic) bond motifs is 1. The summed E-state index contributed by atoms with van der Waals surface area (Å²) in [4.78, 5) is 32.0. The van der Waals surface area contributed by atoms with Crippen LogP contribution in [0, 0.1) is 0 Å². The number of thioether (sulfide) groups is 1. The van der Waals surface area contributed by atoms with Gasteiger partial charge in [0.25, 0.3) is 0 Å². The molecule has 8 heteroatoms. The highest BCUT2D eigenvalue weighted by molar-refractivity contribution is 7.99. The Balaban J connectivity index is 1.64. The normalized spacial score (nSPS) is 16.7. The van der Waals surface area contributed by atoms with Crippen LogP contribution in [-0.2, 0) is 22.6 Å². The maximum Gasteiger partial charge on any atom is 0.244 e. The van der Waals surface area contributed by atoms with E-state index >= 15 is 0 Å². The van der Waals surface area contributed by atoms with E-state index < -0.39 is 6.04 Å². The third-order valence-electron chi connectivity index (χ3n) is 4.00. The minimum Gasteiger partial charge on any atom is -0.354 e. The standard InChI is InChI=1S/C16H20N4O2S2/c1-23-10-15(21)19-8-12-7-17-11-20(12)14(9-19)16(22)18-5-4-13-3-2-6-24-13/h2-3,6-7,11,14H,4-5,8-10H2,1H3,(H,18,22)/t14-/m1/s1. The number of aromatic nitrogens is 2. The summed E-state index contributed by atoms with van der Waals surface area (Å²) in [6.45, 7) is 1.50. The molecule has 2 amide bonds. The molecular formula is C16H20N4O2S2. The number of amides is 2. The largest absolute Gasteiger partial charge is 0.354 e. The molecule has 0 aliphatic carbocycles. The van der Waals surface area contributed by atoms with Gasteiger partial charge in [0.15, 0.2) is 0 Å². The van der Waals surface area contributed by atoms with E-state index in [4.69, 9.17) is 0 Å². The molecule has 0 radical (unpaired) electrons. The van der Waals surface area contributed by atoms with Gasteiger partial charge in [-0.05, 0) is 24.1 Å². The van der Waals surface area contributed by atoms with Crippen molar-refractivity contribution in [2.24, 2.45) is 0 Å². The number of carbonyl (C=O) groups is 2. The first-order valence-electron chi connectivity index (χ1n) is 7.76. The van der Waals surface area contributed by atoms with Gasteiger partial charge in [-0.2, -0.15) is 11.8 Å². The lowest BCUT2D eigenvalue weighted by Crippen LogP contribution is -2.47. The van der Waals surface area contributed by atoms with Crippen LogP contribution < -0.4 is 5.32 Å². The van der Waals surface area contributed by atoms with Gasteiger partial charge in [-0.25, -0.2) is 4.98 Å². The molecule has 1 atom stereocenters. The van der Waals surface area contributed by atoms with E-state index in [9.17, 15) is 9.59 Å². The molecule has 128 valence electrons. The maximum absolute atomic E-state index is 12.6. The summed E-state index contributed by atoms with van der Waals surface area (Å²) in [5, 5.41) is 5.02. The summed E-state index contributed by atoms with van der Waals surface area (Å²) in [7, 11) is 0. The molecule has 1 aliphatic heterocycles. The van der Waals surface area contributed by atoms with Crippen LogP contribution in [0.25, 0.3) is 0 Å². The molecule has 0 spiro atoms. The second kappa shape index (κ2) is 7.85. The predicted molar refractivity (Wildman–Crippen MR) is 96.1 cm³/mol. The van der Waals surface area contributed by atoms with Gasteiger partial charge in [-0.3, -0.25) is 9.59 Å². The first-order chi connectivity index (χ1) is 11.7. The Hall–Kier alpha value is -1.80. The fourth-order valence-corrected chi connectivity index (χ4v) is 3.93. The molecular weight excluding hydrogens is 344 g/mol. The zero-order valence-electron chi connectivity index (χ0n) is 13.5. The van der Waals surface area contributed by atoms with Crippen molar-refractivity contribution in [1.82, 2.24) is 19.8 Å². The number of rotatable bonds is 6. The molecule has 0 bridgehead atoms. The van der Waals surface area contributed by atoms with Crippen LogP contribution >= 0.6 is 23.1 Å². The second-order valence-electron chi connectivity index (χ2n) is 5.64. The molecule has 0 unspecified atom stereocenters. The quantitative estimate of drug-likeness (QED) is 0.845. The summed E-state index contributed by atoms with van der Waals surface area (Å²) in [5.74, 6) is 0.430. The number of hydrogen-bond acceptors (Lipinski definition) is 5. The fraction of sp³-hybridized carbons (Fsp3) is 0.438. The van der Waals surface area contributed by atoms with Crippen molar-refractivity contribution < 1.29 is 9.59 Å². The molecule has 0 saturated carbocycles. The van der Waals surface area contributed by atoms with Gasteiger partial charge in [0, 0.05) is 17.6 Å². The monoisotopic (exact) mass is 364 g/mol. The zero-order valence-corrected chi connectivity index (χ0v) is 15.1. The predicted octanol–water partition coefficient (Wildman–Crippen LogP) is 1.55. The fourth-order valence-electron chi connectivity index (χ4n) is 2.79. The van der Waals surface area contributed by atoms with Crippen LogP contribution in [0.5, 0.6) is 0 Å². The van der Waals surface area contributed by atoms with Crippen molar-refractivity contribution in [3.63, 3.8) is 0 Å². The van der Waals surface area contributed by atoms with Gasteiger partial charge in [-0.1, -0.05) is 6.07 Å². The van der Waals surface area contributed by atoms with E-state index in [0.717, 1.165) is 12.1 Å². The summed E-state index contributed by atoms with van der Waals surface area (Å²) in [5.41, 5.74) is 0.897. The molecule has 2 aromatic rings. The van der Waals surface area contributed by atoms with Gasteiger partial charge >= 0.3 is 0 Å². The minimum absolute atomic E-state index is 0.0614. The van der Waals surface area contributed by atoms with Crippen molar-refractivity contribution >= 4 is 34.9 Å². The van der Waals surface area contributed by atoms with Gasteiger partial charge < -0.3 is 14.8 Å². The Labute approximate surface area is 149 Å². The Morgan fingerprint density at radius 2 is 2.38 bits per heavy atom. The van der Waals surface area contributed by atoms with Crippen LogP contribution in [0.1, 0.15) is 16.6 Å². The van der Waals surface area contributed by atoms with Gasteiger partial charge in [0.1, 0.15) is 6.04 Å². The number of nitrogens with one attached hydrogen (secondary N) is 1. The lowest BCUT2D eigenvalue weighted by Gasteiger charge is -2.33. The van der Waals surface area contributed by atoms with Crippen LogP contribution in [-0.4, -0.2) is 51.4 Å². The van der Waals surface area contributed by atoms with Crippen molar-refractivity contribution in [3.8, 4) is 0 Å². The number of thiophene rings is 1. The smallest absolute Gasteiger partial charge is 0.244 e. The highest BCUT2D eigenvalue weighted by atomic mass is 32.2. The van der Waals surface area contributed by atoms with Gasteiger partial charge in [-0.15, -0.1) is 11.3 Å². The Morgan fingerprint density at radius 3 is 3.12 bits per heavy atom. The van der Waals surface area contributed by atoms with Crippen molar-refractivity contribution in [2.75, 3.05) is 25.1 Å². The van der Waals surface area contributed by atoms with E-state index in [1.807, 2.05) is 22.3 Å². The third-order valence-corrected chi connectivity index (χ3v) is 5.47. The molecule has 1 aliphatic rings. The van der Waals surface area contributed by atoms with Crippen LogP contribution in [0.15, 0.2) is 30.0 Å². The van der Waals surface area contributed by atoms with E-state index in [0.29, 0.717) is 25.4 Å². The van der Waals surface area contributed by atoms with Crippen LogP contribution in [0.2, 0.25) is 0 Å². The first kappa shape index (κ1) is 17.0. The first-order valence-corrected chi connectivity index (χ1v) is 10.0. The van der Waals surface area contributed by atoms with Crippen molar-refractivity contribution in [2.45, 2.75) is 19.0 Å². The lowest BCUT2D eigenvalue weighted by molar-refractivity contribution is -0.133. The SMILES string of the molecule is CSCC(=O)N1Cc2cncn2[C@@H](C(=O)NCCc2cccs2)C1. The Kier molecular flexibility index (Phi) is 5.57. The van der Waals surface area contributed by atoms with Crippen LogP contribution in [0.4, 0.5) is 0 Å². The van der Waals surface area contributed by atoms with E-state index in [-0.39, 0.29) is 11.8 Å². The number of hydrogen-bond donors (Lipinski definition) is 1. The number of imidazole rings is 1. The molecule has 2 aromatic heterocycles. The maximum atomic E-state index is 12.6. The molecule has 0 aromatic carbocycles. The van der Waals surface area contributed by atoms with Gasteiger partial charge in [0.05, 0.1) is 30.9 Å². The van der Waals surface area contributed by atoms with Crippen LogP contribution in [0.3, 0.4) is 0 Å². The molecule has 24 heavy (non-hydrogen) atoms. The topological polar surface area (TPSA) is 67.2 Å². The molecule has 6 nitrogen and oxygen atoms in total. The Morgan fingerprint density at radius 1 is 1.50 bits per heavy atom. The van der Waals surface area contributed by atoms with E-state index in [2.05, 4.69) is 16.4 Å². The third kappa shape index (κ3) is 3.81. The van der Waals surface area contributed by atoms with Crippen molar-refractivity contribution in [3.05, 3.63) is 40.6 Å². The number of carbonyl (C=O) groups excluding carboxylic acids is 2. The average Bonchev–Trinajstić information content (AvgIpc) is 3.25. The van der Waals surface area contributed by atoms with E-state index in [1.165, 1.54) is 16.6 Å². The number of nitrogens with zero attached hydrogens (tertiary/aromatic N) is 3. The van der Waals surface area contributed by atoms with E-state index in [1.54, 1.807) is 28.8 Å². The highest BCUT2D eigenvalue weighted by Gasteiger charge is 2.31. The van der Waals surface area contributed by atoms with Gasteiger partial charge in [0.2, 0.25) is 11.8 Å². The summed E-state index contributed by atoms with van der Waals surface area (Å²) in [6, 6.07) is 3.66.